The van der Waals surface area contributed by atoms with Crippen LogP contribution in [0.3, 0.4) is 0 Å². The Morgan fingerprint density at radius 3 is 2.43 bits per heavy atom. The van der Waals surface area contributed by atoms with Crippen LogP contribution in [0.15, 0.2) is 11.6 Å². The van der Waals surface area contributed by atoms with Crippen LogP contribution >= 0.6 is 0 Å². The lowest BCUT2D eigenvalue weighted by Gasteiger charge is -2.13. The fourth-order valence-electron chi connectivity index (χ4n) is 2.52. The molecule has 0 aromatic heterocycles. The third kappa shape index (κ3) is 10.9. The maximum Gasteiger partial charge on any atom is 0.220 e. The molecule has 0 heterocycles. The third-order valence-corrected chi connectivity index (χ3v) is 3.83. The van der Waals surface area contributed by atoms with Crippen molar-refractivity contribution in [2.45, 2.75) is 71.3 Å². The molecule has 0 aromatic rings. The smallest absolute Gasteiger partial charge is 0.220 e. The summed E-state index contributed by atoms with van der Waals surface area (Å²) < 4.78 is 5.40. The zero-order valence-electron chi connectivity index (χ0n) is 14.7. The number of allylic oxidation sites excluding steroid dienone is 1. The van der Waals surface area contributed by atoms with Gasteiger partial charge in [-0.3, -0.25) is 9.59 Å². The highest BCUT2D eigenvalue weighted by molar-refractivity contribution is 5.83. The normalized spacial score (nSPS) is 14.5. The van der Waals surface area contributed by atoms with Crippen LogP contribution in [-0.2, 0) is 14.3 Å². The standard InChI is InChI=1S/C18H32N2O3/c1-15(2)23-14-6-12-19-17(21)9-10-18(22)20-13-11-16-7-4-3-5-8-16/h7,15H,3-6,8-14H2,1-2H3,(H,19,21)(H,20,22). The molecule has 0 atom stereocenters. The zero-order chi connectivity index (χ0) is 16.9. The maximum atomic E-state index is 11.7. The summed E-state index contributed by atoms with van der Waals surface area (Å²) in [4.78, 5) is 23.3. The Hall–Kier alpha value is -1.36. The van der Waals surface area contributed by atoms with E-state index in [2.05, 4.69) is 16.7 Å². The Kier molecular flexibility index (Phi) is 10.4. The molecule has 0 aromatic carbocycles. The van der Waals surface area contributed by atoms with E-state index in [0.29, 0.717) is 19.7 Å². The second-order valence-corrected chi connectivity index (χ2v) is 6.33. The highest BCUT2D eigenvalue weighted by Gasteiger charge is 2.07. The largest absolute Gasteiger partial charge is 0.379 e. The lowest BCUT2D eigenvalue weighted by atomic mass is 9.97. The second-order valence-electron chi connectivity index (χ2n) is 6.33. The van der Waals surface area contributed by atoms with Gasteiger partial charge >= 0.3 is 0 Å². The van der Waals surface area contributed by atoms with Gasteiger partial charge in [0.1, 0.15) is 0 Å². The van der Waals surface area contributed by atoms with Crippen LogP contribution in [0.25, 0.3) is 0 Å². The summed E-state index contributed by atoms with van der Waals surface area (Å²) in [6, 6.07) is 0. The fourth-order valence-corrected chi connectivity index (χ4v) is 2.52. The summed E-state index contributed by atoms with van der Waals surface area (Å²) in [5, 5.41) is 5.71. The van der Waals surface area contributed by atoms with Crippen LogP contribution in [0.1, 0.15) is 65.2 Å². The van der Waals surface area contributed by atoms with Gasteiger partial charge in [0.05, 0.1) is 6.10 Å². The first-order chi connectivity index (χ1) is 11.1. The van der Waals surface area contributed by atoms with E-state index in [1.54, 1.807) is 0 Å². The highest BCUT2D eigenvalue weighted by Crippen LogP contribution is 2.19. The zero-order valence-corrected chi connectivity index (χ0v) is 14.7. The number of nitrogens with one attached hydrogen (secondary N) is 2. The SMILES string of the molecule is CC(C)OCCCNC(=O)CCC(=O)NCCC1=CCCCC1. The summed E-state index contributed by atoms with van der Waals surface area (Å²) in [6.45, 7) is 5.90. The van der Waals surface area contributed by atoms with Crippen molar-refractivity contribution in [3.05, 3.63) is 11.6 Å². The molecule has 0 saturated heterocycles. The number of hydrogen-bond acceptors (Lipinski definition) is 3. The molecule has 0 unspecified atom stereocenters. The van der Waals surface area contributed by atoms with Crippen LogP contribution < -0.4 is 10.6 Å². The van der Waals surface area contributed by atoms with Crippen molar-refractivity contribution in [1.82, 2.24) is 10.6 Å². The number of rotatable bonds is 11. The van der Waals surface area contributed by atoms with Gasteiger partial charge in [-0.25, -0.2) is 0 Å². The number of carbonyl (C=O) groups excluding carboxylic acids is 2. The molecule has 0 aliphatic heterocycles. The molecule has 0 saturated carbocycles. The Balaban J connectivity index is 1.97. The van der Waals surface area contributed by atoms with Crippen molar-refractivity contribution < 1.29 is 14.3 Å². The van der Waals surface area contributed by atoms with E-state index >= 15 is 0 Å². The van der Waals surface area contributed by atoms with Gasteiger partial charge in [-0.15, -0.1) is 0 Å². The summed E-state index contributed by atoms with van der Waals surface area (Å²) in [5.41, 5.74) is 1.46. The van der Waals surface area contributed by atoms with Gasteiger partial charge in [0.15, 0.2) is 0 Å². The van der Waals surface area contributed by atoms with E-state index in [9.17, 15) is 9.59 Å². The molecule has 1 aliphatic carbocycles. The molecule has 2 amide bonds. The molecule has 0 spiro atoms. The Morgan fingerprint density at radius 2 is 1.83 bits per heavy atom. The minimum Gasteiger partial charge on any atom is -0.379 e. The first-order valence-electron chi connectivity index (χ1n) is 8.91. The van der Waals surface area contributed by atoms with Crippen molar-refractivity contribution in [3.8, 4) is 0 Å². The van der Waals surface area contributed by atoms with Crippen molar-refractivity contribution in [3.63, 3.8) is 0 Å². The number of ether oxygens (including phenoxy) is 1. The van der Waals surface area contributed by atoms with E-state index in [-0.39, 0.29) is 30.8 Å². The molecular formula is C18H32N2O3. The van der Waals surface area contributed by atoms with Crippen LogP contribution in [0, 0.1) is 0 Å². The Bertz CT molecular complexity index is 392. The van der Waals surface area contributed by atoms with Gasteiger partial charge in [-0.2, -0.15) is 0 Å². The minimum atomic E-state index is -0.0697. The summed E-state index contributed by atoms with van der Waals surface area (Å²) in [6.07, 6.45) is 9.65. The van der Waals surface area contributed by atoms with Crippen molar-refractivity contribution >= 4 is 11.8 Å². The fraction of sp³-hybridized carbons (Fsp3) is 0.778. The van der Waals surface area contributed by atoms with Crippen molar-refractivity contribution in [1.29, 1.82) is 0 Å². The first kappa shape index (κ1) is 19.7. The van der Waals surface area contributed by atoms with Gasteiger partial charge in [0, 0.05) is 32.5 Å². The molecule has 0 radical (unpaired) electrons. The van der Waals surface area contributed by atoms with Crippen molar-refractivity contribution in [2.24, 2.45) is 0 Å². The molecular weight excluding hydrogens is 292 g/mol. The van der Waals surface area contributed by atoms with Gasteiger partial charge < -0.3 is 15.4 Å². The minimum absolute atomic E-state index is 0.0419. The lowest BCUT2D eigenvalue weighted by Crippen LogP contribution is -2.29. The Labute approximate surface area is 140 Å². The predicted molar refractivity (Wildman–Crippen MR) is 92.1 cm³/mol. The van der Waals surface area contributed by atoms with Gasteiger partial charge in [0.25, 0.3) is 0 Å². The van der Waals surface area contributed by atoms with Gasteiger partial charge in [-0.05, 0) is 52.4 Å². The van der Waals surface area contributed by atoms with E-state index in [0.717, 1.165) is 12.8 Å². The van der Waals surface area contributed by atoms with Crippen LogP contribution in [0.2, 0.25) is 0 Å². The summed E-state index contributed by atoms with van der Waals surface area (Å²) in [7, 11) is 0. The van der Waals surface area contributed by atoms with Crippen LogP contribution in [-0.4, -0.2) is 37.6 Å². The topological polar surface area (TPSA) is 67.4 Å². The number of carbonyl (C=O) groups is 2. The van der Waals surface area contributed by atoms with Gasteiger partial charge in [0.2, 0.25) is 11.8 Å². The molecule has 132 valence electrons. The molecule has 23 heavy (non-hydrogen) atoms. The number of hydrogen-bond donors (Lipinski definition) is 2. The molecule has 5 heteroatoms. The summed E-state index contributed by atoms with van der Waals surface area (Å²) >= 11 is 0. The molecule has 2 N–H and O–H groups in total. The van der Waals surface area contributed by atoms with E-state index < -0.39 is 0 Å². The highest BCUT2D eigenvalue weighted by atomic mass is 16.5. The molecule has 0 bridgehead atoms. The van der Waals surface area contributed by atoms with E-state index in [1.807, 2.05) is 13.8 Å². The second kappa shape index (κ2) is 12.1. The molecule has 5 nitrogen and oxygen atoms in total. The summed E-state index contributed by atoms with van der Waals surface area (Å²) in [5.74, 6) is -0.112. The first-order valence-corrected chi connectivity index (χ1v) is 8.91. The van der Waals surface area contributed by atoms with Crippen molar-refractivity contribution in [2.75, 3.05) is 19.7 Å². The number of amides is 2. The quantitative estimate of drug-likeness (QED) is 0.453. The van der Waals surface area contributed by atoms with Crippen LogP contribution in [0.4, 0.5) is 0 Å². The van der Waals surface area contributed by atoms with E-state index in [4.69, 9.17) is 4.74 Å². The third-order valence-electron chi connectivity index (χ3n) is 3.83. The predicted octanol–water partition coefficient (Wildman–Crippen LogP) is 2.70. The van der Waals surface area contributed by atoms with Crippen LogP contribution in [0.5, 0.6) is 0 Å². The average Bonchev–Trinajstić information content (AvgIpc) is 2.53. The Morgan fingerprint density at radius 1 is 1.13 bits per heavy atom. The average molecular weight is 324 g/mol. The monoisotopic (exact) mass is 324 g/mol. The van der Waals surface area contributed by atoms with Gasteiger partial charge in [-0.1, -0.05) is 11.6 Å². The molecule has 1 rings (SSSR count). The maximum absolute atomic E-state index is 11.7. The molecule has 1 aliphatic rings. The lowest BCUT2D eigenvalue weighted by molar-refractivity contribution is -0.126. The van der Waals surface area contributed by atoms with E-state index in [1.165, 1.54) is 31.3 Å². The molecule has 0 fully saturated rings.